The van der Waals surface area contributed by atoms with E-state index in [0.29, 0.717) is 13.1 Å². The zero-order chi connectivity index (χ0) is 9.52. The van der Waals surface area contributed by atoms with Gasteiger partial charge in [0.2, 0.25) is 0 Å². The van der Waals surface area contributed by atoms with Crippen LogP contribution in [0.5, 0.6) is 0 Å². The maximum atomic E-state index is 5.47. The lowest BCUT2D eigenvalue weighted by molar-refractivity contribution is 0.767. The number of nitrogens with zero attached hydrogens (tertiary/aromatic N) is 3. The fourth-order valence-corrected chi connectivity index (χ4v) is 1.11. The molecule has 1 aromatic heterocycles. The highest BCUT2D eigenvalue weighted by Gasteiger charge is 2.04. The molecule has 0 aromatic carbocycles. The van der Waals surface area contributed by atoms with E-state index in [4.69, 9.17) is 11.5 Å². The van der Waals surface area contributed by atoms with Crippen LogP contribution < -0.4 is 16.4 Å². The lowest BCUT2D eigenvalue weighted by atomic mass is 10.4. The molecule has 0 bridgehead atoms. The summed E-state index contributed by atoms with van der Waals surface area (Å²) in [6.07, 6.45) is 5.02. The van der Waals surface area contributed by atoms with Crippen molar-refractivity contribution < 1.29 is 0 Å². The van der Waals surface area contributed by atoms with E-state index >= 15 is 0 Å². The monoisotopic (exact) mass is 181 g/mol. The number of anilines is 1. The Morgan fingerprint density at radius 3 is 2.31 bits per heavy atom. The predicted molar refractivity (Wildman–Crippen MR) is 52.4 cm³/mol. The molecule has 0 saturated carbocycles. The SMILES string of the molecule is NCCN(CCN)c1cnccn1. The molecule has 1 aromatic rings. The van der Waals surface area contributed by atoms with Crippen LogP contribution in [0.25, 0.3) is 0 Å². The van der Waals surface area contributed by atoms with Crippen molar-refractivity contribution in [3.8, 4) is 0 Å². The zero-order valence-corrected chi connectivity index (χ0v) is 7.56. The molecule has 0 saturated heterocycles. The Morgan fingerprint density at radius 1 is 1.15 bits per heavy atom. The van der Waals surface area contributed by atoms with Gasteiger partial charge in [0.05, 0.1) is 6.20 Å². The standard InChI is InChI=1S/C8H15N5/c9-1-5-13(6-2-10)8-7-11-3-4-12-8/h3-4,7H,1-2,5-6,9-10H2. The Labute approximate surface area is 77.8 Å². The minimum Gasteiger partial charge on any atom is -0.353 e. The largest absolute Gasteiger partial charge is 0.353 e. The maximum Gasteiger partial charge on any atom is 0.147 e. The van der Waals surface area contributed by atoms with Gasteiger partial charge in [-0.3, -0.25) is 4.98 Å². The predicted octanol–water partition coefficient (Wildman–Crippen LogP) is -0.800. The molecular weight excluding hydrogens is 166 g/mol. The van der Waals surface area contributed by atoms with Gasteiger partial charge in [-0.05, 0) is 0 Å². The molecule has 0 aliphatic heterocycles. The molecule has 0 fully saturated rings. The number of hydrogen-bond acceptors (Lipinski definition) is 5. The summed E-state index contributed by atoms with van der Waals surface area (Å²) in [6.45, 7) is 2.71. The molecule has 0 aliphatic rings. The van der Waals surface area contributed by atoms with Gasteiger partial charge in [0.1, 0.15) is 5.82 Å². The molecule has 0 aliphatic carbocycles. The van der Waals surface area contributed by atoms with Crippen LogP contribution in [-0.2, 0) is 0 Å². The highest BCUT2D eigenvalue weighted by Crippen LogP contribution is 2.05. The summed E-state index contributed by atoms with van der Waals surface area (Å²) in [7, 11) is 0. The molecule has 5 nitrogen and oxygen atoms in total. The third-order valence-corrected chi connectivity index (χ3v) is 1.67. The summed E-state index contributed by atoms with van der Waals surface area (Å²) in [5.41, 5.74) is 10.9. The quantitative estimate of drug-likeness (QED) is 0.621. The summed E-state index contributed by atoms with van der Waals surface area (Å²) < 4.78 is 0. The van der Waals surface area contributed by atoms with Gasteiger partial charge in [-0.15, -0.1) is 0 Å². The van der Waals surface area contributed by atoms with Crippen LogP contribution in [0.4, 0.5) is 5.82 Å². The van der Waals surface area contributed by atoms with Crippen molar-refractivity contribution in [2.75, 3.05) is 31.1 Å². The summed E-state index contributed by atoms with van der Waals surface area (Å²) in [5, 5.41) is 0. The van der Waals surface area contributed by atoms with E-state index < -0.39 is 0 Å². The van der Waals surface area contributed by atoms with Crippen LogP contribution >= 0.6 is 0 Å². The third-order valence-electron chi connectivity index (χ3n) is 1.67. The van der Waals surface area contributed by atoms with Gasteiger partial charge in [-0.25, -0.2) is 4.98 Å². The van der Waals surface area contributed by atoms with E-state index in [-0.39, 0.29) is 0 Å². The van der Waals surface area contributed by atoms with Gasteiger partial charge in [-0.1, -0.05) is 0 Å². The van der Waals surface area contributed by atoms with Gasteiger partial charge in [0, 0.05) is 38.6 Å². The Morgan fingerprint density at radius 2 is 1.85 bits per heavy atom. The zero-order valence-electron chi connectivity index (χ0n) is 7.56. The first kappa shape index (κ1) is 9.88. The first-order valence-electron chi connectivity index (χ1n) is 4.29. The van der Waals surface area contributed by atoms with Crippen molar-refractivity contribution in [3.63, 3.8) is 0 Å². The van der Waals surface area contributed by atoms with Crippen molar-refractivity contribution >= 4 is 5.82 Å². The summed E-state index contributed by atoms with van der Waals surface area (Å²) in [5.74, 6) is 0.832. The fraction of sp³-hybridized carbons (Fsp3) is 0.500. The molecule has 1 rings (SSSR count). The molecule has 0 atom stereocenters. The molecule has 0 amide bonds. The van der Waals surface area contributed by atoms with Gasteiger partial charge in [0.25, 0.3) is 0 Å². The smallest absolute Gasteiger partial charge is 0.147 e. The highest BCUT2D eigenvalue weighted by molar-refractivity contribution is 5.34. The van der Waals surface area contributed by atoms with Crippen molar-refractivity contribution in [1.82, 2.24) is 9.97 Å². The maximum absolute atomic E-state index is 5.47. The molecule has 0 spiro atoms. The van der Waals surface area contributed by atoms with Gasteiger partial charge in [-0.2, -0.15) is 0 Å². The van der Waals surface area contributed by atoms with E-state index in [2.05, 4.69) is 9.97 Å². The van der Waals surface area contributed by atoms with Crippen molar-refractivity contribution in [2.45, 2.75) is 0 Å². The van der Waals surface area contributed by atoms with Crippen molar-refractivity contribution in [3.05, 3.63) is 18.6 Å². The Balaban J connectivity index is 2.64. The number of hydrogen-bond donors (Lipinski definition) is 2. The first-order valence-corrected chi connectivity index (χ1v) is 4.29. The topological polar surface area (TPSA) is 81.1 Å². The highest BCUT2D eigenvalue weighted by atomic mass is 15.2. The van der Waals surface area contributed by atoms with Gasteiger partial charge in [0.15, 0.2) is 0 Å². The van der Waals surface area contributed by atoms with Gasteiger partial charge < -0.3 is 16.4 Å². The first-order chi connectivity index (χ1) is 6.38. The number of aromatic nitrogens is 2. The molecule has 0 radical (unpaired) electrons. The summed E-state index contributed by atoms with van der Waals surface area (Å²) >= 11 is 0. The van der Waals surface area contributed by atoms with Crippen molar-refractivity contribution in [2.24, 2.45) is 11.5 Å². The average molecular weight is 181 g/mol. The fourth-order valence-electron chi connectivity index (χ4n) is 1.11. The summed E-state index contributed by atoms with van der Waals surface area (Å²) in [6, 6.07) is 0. The molecule has 72 valence electrons. The van der Waals surface area contributed by atoms with Crippen molar-refractivity contribution in [1.29, 1.82) is 0 Å². The lowest BCUT2D eigenvalue weighted by Crippen LogP contribution is -2.34. The van der Waals surface area contributed by atoms with Crippen LogP contribution in [-0.4, -0.2) is 36.1 Å². The van der Waals surface area contributed by atoms with Crippen LogP contribution in [0, 0.1) is 0 Å². The Hall–Kier alpha value is -1.20. The van der Waals surface area contributed by atoms with Crippen LogP contribution in [0.2, 0.25) is 0 Å². The lowest BCUT2D eigenvalue weighted by Gasteiger charge is -2.21. The summed E-state index contributed by atoms with van der Waals surface area (Å²) in [4.78, 5) is 10.2. The van der Waals surface area contributed by atoms with Crippen LogP contribution in [0.1, 0.15) is 0 Å². The average Bonchev–Trinajstić information content (AvgIpc) is 2.19. The molecule has 4 N–H and O–H groups in total. The molecule has 13 heavy (non-hydrogen) atoms. The molecular formula is C8H15N5. The Kier molecular flexibility index (Phi) is 4.14. The van der Waals surface area contributed by atoms with E-state index in [0.717, 1.165) is 18.9 Å². The molecule has 0 unspecified atom stereocenters. The third kappa shape index (κ3) is 2.96. The second kappa shape index (κ2) is 5.45. The number of nitrogens with two attached hydrogens (primary N) is 2. The van der Waals surface area contributed by atoms with E-state index in [1.54, 1.807) is 18.6 Å². The Bertz CT molecular complexity index is 219. The van der Waals surface area contributed by atoms with E-state index in [1.165, 1.54) is 0 Å². The van der Waals surface area contributed by atoms with E-state index in [1.807, 2.05) is 4.90 Å². The molecule has 1 heterocycles. The normalized spacial score (nSPS) is 10.0. The minimum atomic E-state index is 0.594. The van der Waals surface area contributed by atoms with Crippen LogP contribution in [0.15, 0.2) is 18.6 Å². The second-order valence-corrected chi connectivity index (χ2v) is 2.63. The van der Waals surface area contributed by atoms with Crippen LogP contribution in [0.3, 0.4) is 0 Å². The van der Waals surface area contributed by atoms with E-state index in [9.17, 15) is 0 Å². The minimum absolute atomic E-state index is 0.594. The second-order valence-electron chi connectivity index (χ2n) is 2.63. The molecule has 5 heteroatoms. The number of rotatable bonds is 5. The van der Waals surface area contributed by atoms with Gasteiger partial charge >= 0.3 is 0 Å².